The zero-order chi connectivity index (χ0) is 29.9. The van der Waals surface area contributed by atoms with E-state index in [1.165, 1.54) is 6.07 Å². The number of nitrogens with one attached hydrogen (secondary N) is 3. The van der Waals surface area contributed by atoms with E-state index in [0.717, 1.165) is 44.4 Å². The second-order valence-corrected chi connectivity index (χ2v) is 10.8. The van der Waals surface area contributed by atoms with Crippen LogP contribution in [0.5, 0.6) is 11.5 Å². The van der Waals surface area contributed by atoms with Crippen LogP contribution in [0.2, 0.25) is 0 Å². The van der Waals surface area contributed by atoms with E-state index in [0.29, 0.717) is 23.0 Å². The van der Waals surface area contributed by atoms with Gasteiger partial charge in [-0.1, -0.05) is 6.07 Å². The normalized spacial score (nSPS) is 18.1. The lowest BCUT2D eigenvalue weighted by Crippen LogP contribution is -2.43. The lowest BCUT2D eigenvalue weighted by molar-refractivity contribution is -0.787. The number of nitrogens with zero attached hydrogens (tertiary/aromatic N) is 3. The second kappa shape index (κ2) is 12.3. The number of rotatable bonds is 8. The van der Waals surface area contributed by atoms with E-state index in [2.05, 4.69) is 40.2 Å². The van der Waals surface area contributed by atoms with E-state index in [-0.39, 0.29) is 36.5 Å². The summed E-state index contributed by atoms with van der Waals surface area (Å²) in [5.41, 5.74) is -0.756. The summed E-state index contributed by atoms with van der Waals surface area (Å²) in [5, 5.41) is 11.3. The first-order valence-corrected chi connectivity index (χ1v) is 13.5. The van der Waals surface area contributed by atoms with Crippen LogP contribution in [0.4, 0.5) is 35.2 Å². The highest BCUT2D eigenvalue weighted by Gasteiger charge is 2.33. The number of amides is 3. The Morgan fingerprint density at radius 2 is 1.69 bits per heavy atom. The fourth-order valence-electron chi connectivity index (χ4n) is 5.25. The first-order chi connectivity index (χ1) is 20.0. The Bertz CT molecular complexity index is 1440. The number of hydrogen-bond donors (Lipinski definition) is 3. The van der Waals surface area contributed by atoms with Crippen molar-refractivity contribution in [1.82, 2.24) is 10.2 Å². The molecule has 14 heteroatoms. The standard InChI is InChI=1S/C28H31F3N6O5/c1-36(2)14-17-3-6-22(7-4-17)37-15-26(42-35-37)34-27(39)33-21-12-19(28(29,30)31)11-20(13-21)32-25(38)10-18-5-8-23-24(9-18)41-16-40-23/h5,8-9,11-13,15,17,22H,3-4,6-7,10,14,16H2,1-2H3,(H2-,32,33,34,35,38,39)/p+1. The number of hydrogen-bond acceptors (Lipinski definition) is 7. The molecule has 3 aromatic rings. The fourth-order valence-corrected chi connectivity index (χ4v) is 5.25. The smallest absolute Gasteiger partial charge is 0.416 e. The van der Waals surface area contributed by atoms with Crippen LogP contribution in [-0.2, 0) is 17.4 Å². The fraction of sp³-hybridized carbons (Fsp3) is 0.429. The Hall–Kier alpha value is -4.33. The molecule has 2 aromatic carbocycles. The molecule has 0 unspecified atom stereocenters. The molecule has 0 bridgehead atoms. The molecule has 1 aromatic heterocycles. The number of aromatic nitrogens is 2. The molecule has 1 saturated carbocycles. The van der Waals surface area contributed by atoms with Gasteiger partial charge in [-0.05, 0) is 73.4 Å². The monoisotopic (exact) mass is 589 g/mol. The number of alkyl halides is 3. The van der Waals surface area contributed by atoms with Crippen molar-refractivity contribution in [3.8, 4) is 11.5 Å². The molecule has 0 radical (unpaired) electrons. The molecule has 1 aliphatic heterocycles. The van der Waals surface area contributed by atoms with E-state index >= 15 is 0 Å². The van der Waals surface area contributed by atoms with Crippen molar-refractivity contribution in [3.63, 3.8) is 0 Å². The van der Waals surface area contributed by atoms with Crippen LogP contribution >= 0.6 is 0 Å². The molecular weight excluding hydrogens is 557 g/mol. The van der Waals surface area contributed by atoms with Gasteiger partial charge in [0, 0.05) is 30.8 Å². The molecule has 5 rings (SSSR count). The Kier molecular flexibility index (Phi) is 8.52. The number of benzene rings is 2. The molecule has 42 heavy (non-hydrogen) atoms. The summed E-state index contributed by atoms with van der Waals surface area (Å²) in [6.45, 7) is 1.11. The first-order valence-electron chi connectivity index (χ1n) is 13.5. The number of halogens is 3. The number of fused-ring (bicyclic) bond motifs is 1. The Morgan fingerprint density at radius 1 is 0.976 bits per heavy atom. The predicted octanol–water partition coefficient (Wildman–Crippen LogP) is 4.83. The zero-order valence-electron chi connectivity index (χ0n) is 23.2. The SMILES string of the molecule is CN(C)CC1CCC([n+]2cc(NC(=O)Nc3cc(NC(=O)Cc4ccc5c(c4)OCO5)cc(C(F)(F)F)c3)on2)CC1. The van der Waals surface area contributed by atoms with Gasteiger partial charge in [-0.3, -0.25) is 14.6 Å². The summed E-state index contributed by atoms with van der Waals surface area (Å²) >= 11 is 0. The predicted molar refractivity (Wildman–Crippen MR) is 145 cm³/mol. The van der Waals surface area contributed by atoms with E-state index in [9.17, 15) is 22.8 Å². The largest absolute Gasteiger partial charge is 0.454 e. The maximum atomic E-state index is 13.6. The Labute approximate surface area is 239 Å². The Balaban J connectivity index is 1.20. The van der Waals surface area contributed by atoms with Gasteiger partial charge in [0.05, 0.1) is 12.0 Å². The molecule has 0 saturated heterocycles. The third-order valence-corrected chi connectivity index (χ3v) is 7.14. The van der Waals surface area contributed by atoms with Crippen LogP contribution in [0.3, 0.4) is 0 Å². The third-order valence-electron chi connectivity index (χ3n) is 7.14. The van der Waals surface area contributed by atoms with Gasteiger partial charge in [-0.25, -0.2) is 4.79 Å². The average molecular weight is 590 g/mol. The van der Waals surface area contributed by atoms with Crippen LogP contribution in [0.25, 0.3) is 0 Å². The second-order valence-electron chi connectivity index (χ2n) is 10.8. The third kappa shape index (κ3) is 7.49. The highest BCUT2D eigenvalue weighted by Crippen LogP contribution is 2.35. The van der Waals surface area contributed by atoms with Gasteiger partial charge in [-0.2, -0.15) is 13.2 Å². The summed E-state index contributed by atoms with van der Waals surface area (Å²) in [6, 6.07) is 7.08. The van der Waals surface area contributed by atoms with Gasteiger partial charge in [0.2, 0.25) is 18.0 Å². The zero-order valence-corrected chi connectivity index (χ0v) is 23.2. The lowest BCUT2D eigenvalue weighted by atomic mass is 9.86. The molecule has 11 nitrogen and oxygen atoms in total. The summed E-state index contributed by atoms with van der Waals surface area (Å²) in [4.78, 5) is 27.4. The summed E-state index contributed by atoms with van der Waals surface area (Å²) in [5.74, 6) is 1.16. The first kappa shape index (κ1) is 29.2. The van der Waals surface area contributed by atoms with Crippen molar-refractivity contribution >= 4 is 29.2 Å². The molecule has 224 valence electrons. The topological polar surface area (TPSA) is 122 Å². The minimum Gasteiger partial charge on any atom is -0.454 e. The summed E-state index contributed by atoms with van der Waals surface area (Å²) in [6.07, 6.45) is 0.688. The minimum absolute atomic E-state index is 0.0483. The molecule has 1 aliphatic carbocycles. The number of carbonyl (C=O) groups excluding carboxylic acids is 2. The molecule has 2 aliphatic rings. The van der Waals surface area contributed by atoms with Crippen molar-refractivity contribution in [2.24, 2.45) is 5.92 Å². The van der Waals surface area contributed by atoms with Crippen LogP contribution < -0.4 is 30.1 Å². The maximum Gasteiger partial charge on any atom is 0.416 e. The van der Waals surface area contributed by atoms with Crippen LogP contribution in [0, 0.1) is 5.92 Å². The van der Waals surface area contributed by atoms with Crippen LogP contribution in [-0.4, -0.2) is 49.5 Å². The highest BCUT2D eigenvalue weighted by atomic mass is 19.4. The van der Waals surface area contributed by atoms with Crippen molar-refractivity contribution in [1.29, 1.82) is 0 Å². The van der Waals surface area contributed by atoms with Crippen molar-refractivity contribution in [2.45, 2.75) is 44.3 Å². The van der Waals surface area contributed by atoms with Gasteiger partial charge in [0.25, 0.3) is 6.20 Å². The van der Waals surface area contributed by atoms with Gasteiger partial charge in [0.1, 0.15) is 0 Å². The molecule has 0 spiro atoms. The average Bonchev–Trinajstić information content (AvgIpc) is 3.57. The summed E-state index contributed by atoms with van der Waals surface area (Å²) in [7, 11) is 4.11. The Morgan fingerprint density at radius 3 is 2.40 bits per heavy atom. The van der Waals surface area contributed by atoms with Gasteiger partial charge < -0.3 is 25.0 Å². The van der Waals surface area contributed by atoms with Crippen molar-refractivity contribution in [2.75, 3.05) is 43.4 Å². The minimum atomic E-state index is -4.72. The van der Waals surface area contributed by atoms with Gasteiger partial charge in [0.15, 0.2) is 17.5 Å². The highest BCUT2D eigenvalue weighted by molar-refractivity contribution is 6.00. The van der Waals surface area contributed by atoms with Crippen LogP contribution in [0.15, 0.2) is 47.1 Å². The molecule has 3 amide bonds. The maximum absolute atomic E-state index is 13.6. The quantitative estimate of drug-likeness (QED) is 0.322. The number of anilines is 3. The number of urea groups is 1. The number of ether oxygens (including phenoxy) is 2. The van der Waals surface area contributed by atoms with Crippen LogP contribution in [0.1, 0.15) is 42.9 Å². The molecular formula is C28H32F3N6O5+. The van der Waals surface area contributed by atoms with Crippen molar-refractivity contribution < 1.29 is 41.4 Å². The van der Waals surface area contributed by atoms with Crippen molar-refractivity contribution in [3.05, 3.63) is 53.7 Å². The van der Waals surface area contributed by atoms with E-state index in [1.54, 1.807) is 29.1 Å². The summed E-state index contributed by atoms with van der Waals surface area (Å²) < 4.78 is 58.3. The lowest BCUT2D eigenvalue weighted by Gasteiger charge is -2.26. The van der Waals surface area contributed by atoms with E-state index in [1.807, 2.05) is 0 Å². The molecule has 3 N–H and O–H groups in total. The molecule has 0 atom stereocenters. The molecule has 1 fully saturated rings. The molecule has 2 heterocycles. The van der Waals surface area contributed by atoms with Gasteiger partial charge >= 0.3 is 18.1 Å². The van der Waals surface area contributed by atoms with E-state index < -0.39 is 23.7 Å². The van der Waals surface area contributed by atoms with E-state index in [4.69, 9.17) is 14.0 Å². The van der Waals surface area contributed by atoms with Gasteiger partial charge in [-0.15, -0.1) is 0 Å². The number of carbonyl (C=O) groups is 2.